The van der Waals surface area contributed by atoms with Crippen molar-refractivity contribution in [1.82, 2.24) is 0 Å². The smallest absolute Gasteiger partial charge is 0.371 e. The summed E-state index contributed by atoms with van der Waals surface area (Å²) in [5.41, 5.74) is -0.862. The van der Waals surface area contributed by atoms with Crippen LogP contribution in [0.1, 0.15) is 30.0 Å². The second kappa shape index (κ2) is 4.99. The summed E-state index contributed by atoms with van der Waals surface area (Å²) >= 11 is 0. The average Bonchev–Trinajstić information content (AvgIpc) is 2.88. The van der Waals surface area contributed by atoms with E-state index in [1.807, 2.05) is 0 Å². The molecule has 1 aliphatic rings. The largest absolute Gasteiger partial charge is 0.495 e. The van der Waals surface area contributed by atoms with E-state index in [2.05, 4.69) is 0 Å². The number of ether oxygens (including phenoxy) is 2. The molecular weight excluding hydrogens is 304 g/mol. The number of carboxylic acid groups (broad SMARTS) is 1. The molecule has 1 aliphatic heterocycles. The molecule has 0 saturated heterocycles. The van der Waals surface area contributed by atoms with Crippen molar-refractivity contribution in [2.75, 3.05) is 7.11 Å². The second-order valence-corrected chi connectivity index (χ2v) is 6.00. The number of carbonyl (C=O) groups is 1. The Morgan fingerprint density at radius 1 is 1.39 bits per heavy atom. The maximum absolute atomic E-state index is 12.3. The van der Waals surface area contributed by atoms with Crippen molar-refractivity contribution in [2.24, 2.45) is 0 Å². The quantitative estimate of drug-likeness (QED) is 0.884. The minimum atomic E-state index is -1.33. The van der Waals surface area contributed by atoms with Crippen molar-refractivity contribution >= 4 is 16.9 Å². The summed E-state index contributed by atoms with van der Waals surface area (Å²) in [6.45, 7) is 3.25. The van der Waals surface area contributed by atoms with E-state index >= 15 is 0 Å². The van der Waals surface area contributed by atoms with Gasteiger partial charge in [-0.3, -0.25) is 4.79 Å². The molecule has 0 spiro atoms. The highest BCUT2D eigenvalue weighted by molar-refractivity contribution is 5.91. The first-order valence-corrected chi connectivity index (χ1v) is 7.02. The minimum absolute atomic E-state index is 0.0712. The van der Waals surface area contributed by atoms with Crippen molar-refractivity contribution in [3.63, 3.8) is 0 Å². The molecule has 1 atom stereocenters. The number of carboxylic acids is 1. The van der Waals surface area contributed by atoms with Crippen LogP contribution in [0.25, 0.3) is 11.0 Å². The predicted octanol–water partition coefficient (Wildman–Crippen LogP) is 1.57. The fourth-order valence-electron chi connectivity index (χ4n) is 2.71. The molecule has 0 radical (unpaired) electrons. The zero-order valence-electron chi connectivity index (χ0n) is 12.9. The van der Waals surface area contributed by atoms with E-state index in [-0.39, 0.29) is 16.7 Å². The van der Waals surface area contributed by atoms with Crippen LogP contribution in [0, 0.1) is 0 Å². The van der Waals surface area contributed by atoms with Crippen LogP contribution >= 0.6 is 0 Å². The van der Waals surface area contributed by atoms with E-state index in [1.165, 1.54) is 13.2 Å². The van der Waals surface area contributed by atoms with Gasteiger partial charge in [0.2, 0.25) is 5.76 Å². The molecule has 2 N–H and O–H groups in total. The van der Waals surface area contributed by atoms with Crippen molar-refractivity contribution < 1.29 is 28.9 Å². The Labute approximate surface area is 131 Å². The Hall–Kier alpha value is -2.54. The summed E-state index contributed by atoms with van der Waals surface area (Å²) in [5, 5.41) is 19.3. The Morgan fingerprint density at radius 2 is 2.09 bits per heavy atom. The summed E-state index contributed by atoms with van der Waals surface area (Å²) in [5.74, 6) is -1.10. The molecule has 122 valence electrons. The van der Waals surface area contributed by atoms with Gasteiger partial charge in [-0.1, -0.05) is 0 Å². The van der Waals surface area contributed by atoms with Gasteiger partial charge in [0.1, 0.15) is 28.6 Å². The monoisotopic (exact) mass is 320 g/mol. The molecule has 0 amide bonds. The van der Waals surface area contributed by atoms with Crippen molar-refractivity contribution in [1.29, 1.82) is 0 Å². The third-order valence-corrected chi connectivity index (χ3v) is 3.90. The number of benzene rings is 1. The Bertz CT molecular complexity index is 857. The molecule has 1 aromatic heterocycles. The SMILES string of the molecule is COc1c2c(cc3oc(C(=O)O)cc(=O)c13)O[C@@H](C(C)(C)O)C2. The van der Waals surface area contributed by atoms with Crippen LogP contribution < -0.4 is 14.9 Å². The standard InChI is InChI=1S/C16H16O7/c1-16(2,20)12-4-7-9(23-12)6-10-13(14(7)21-3)8(17)5-11(22-10)15(18)19/h5-6,12,20H,4H2,1-3H3,(H,18,19)/t12-/m1/s1. The summed E-state index contributed by atoms with van der Waals surface area (Å²) in [7, 11) is 1.41. The molecule has 0 unspecified atom stereocenters. The fourth-order valence-corrected chi connectivity index (χ4v) is 2.71. The number of hydrogen-bond donors (Lipinski definition) is 2. The number of aliphatic hydroxyl groups is 1. The van der Waals surface area contributed by atoms with Crippen LogP contribution in [-0.2, 0) is 6.42 Å². The summed E-state index contributed by atoms with van der Waals surface area (Å²) in [6.07, 6.45) is -0.129. The lowest BCUT2D eigenvalue weighted by Crippen LogP contribution is -2.39. The first-order valence-electron chi connectivity index (χ1n) is 7.02. The lowest BCUT2D eigenvalue weighted by Gasteiger charge is -2.24. The summed E-state index contributed by atoms with van der Waals surface area (Å²) in [4.78, 5) is 23.3. The third kappa shape index (κ3) is 2.43. The van der Waals surface area contributed by atoms with Gasteiger partial charge in [-0.2, -0.15) is 0 Å². The van der Waals surface area contributed by atoms with Crippen LogP contribution in [0.2, 0.25) is 0 Å². The van der Waals surface area contributed by atoms with Crippen LogP contribution in [0.3, 0.4) is 0 Å². The highest BCUT2D eigenvalue weighted by Crippen LogP contribution is 2.42. The molecule has 0 fully saturated rings. The molecule has 1 aromatic carbocycles. The van der Waals surface area contributed by atoms with Crippen LogP contribution in [-0.4, -0.2) is 35.0 Å². The van der Waals surface area contributed by atoms with Crippen LogP contribution in [0.5, 0.6) is 11.5 Å². The van der Waals surface area contributed by atoms with Crippen LogP contribution in [0.4, 0.5) is 0 Å². The number of aromatic carboxylic acids is 1. The molecule has 0 saturated carbocycles. The van der Waals surface area contributed by atoms with Gasteiger partial charge in [-0.15, -0.1) is 0 Å². The molecule has 23 heavy (non-hydrogen) atoms. The first kappa shape index (κ1) is 15.4. The predicted molar refractivity (Wildman–Crippen MR) is 80.4 cm³/mol. The van der Waals surface area contributed by atoms with Gasteiger partial charge >= 0.3 is 5.97 Å². The summed E-state index contributed by atoms with van der Waals surface area (Å²) < 4.78 is 16.3. The Kier molecular flexibility index (Phi) is 3.33. The summed E-state index contributed by atoms with van der Waals surface area (Å²) in [6, 6.07) is 2.38. The van der Waals surface area contributed by atoms with E-state index in [0.717, 1.165) is 6.07 Å². The van der Waals surface area contributed by atoms with Gasteiger partial charge < -0.3 is 24.1 Å². The number of fused-ring (bicyclic) bond motifs is 2. The average molecular weight is 320 g/mol. The van der Waals surface area contributed by atoms with E-state index in [4.69, 9.17) is 19.0 Å². The minimum Gasteiger partial charge on any atom is -0.495 e. The van der Waals surface area contributed by atoms with E-state index in [9.17, 15) is 14.7 Å². The Balaban J connectivity index is 2.27. The van der Waals surface area contributed by atoms with Gasteiger partial charge in [0.25, 0.3) is 0 Å². The number of methoxy groups -OCH3 is 1. The highest BCUT2D eigenvalue weighted by atomic mass is 16.5. The molecule has 7 heteroatoms. The zero-order valence-corrected chi connectivity index (χ0v) is 12.9. The van der Waals surface area contributed by atoms with Gasteiger partial charge in [0.05, 0.1) is 12.7 Å². The molecule has 0 bridgehead atoms. The van der Waals surface area contributed by atoms with Gasteiger partial charge in [0.15, 0.2) is 5.43 Å². The molecule has 0 aliphatic carbocycles. The maximum atomic E-state index is 12.3. The van der Waals surface area contributed by atoms with E-state index < -0.39 is 28.9 Å². The topological polar surface area (TPSA) is 106 Å². The van der Waals surface area contributed by atoms with Crippen molar-refractivity contribution in [3.8, 4) is 11.5 Å². The number of hydrogen-bond acceptors (Lipinski definition) is 6. The first-order chi connectivity index (χ1) is 10.7. The maximum Gasteiger partial charge on any atom is 0.371 e. The van der Waals surface area contributed by atoms with Gasteiger partial charge in [0, 0.05) is 24.1 Å². The molecule has 2 aromatic rings. The van der Waals surface area contributed by atoms with Crippen molar-refractivity contribution in [3.05, 3.63) is 33.7 Å². The van der Waals surface area contributed by atoms with E-state index in [1.54, 1.807) is 13.8 Å². The van der Waals surface area contributed by atoms with Crippen molar-refractivity contribution in [2.45, 2.75) is 32.0 Å². The molecule has 7 nitrogen and oxygen atoms in total. The van der Waals surface area contributed by atoms with Gasteiger partial charge in [-0.25, -0.2) is 4.79 Å². The Morgan fingerprint density at radius 3 is 2.65 bits per heavy atom. The fraction of sp³-hybridized carbons (Fsp3) is 0.375. The second-order valence-electron chi connectivity index (χ2n) is 6.00. The lowest BCUT2D eigenvalue weighted by molar-refractivity contribution is -0.0229. The molecule has 3 rings (SSSR count). The molecule has 2 heterocycles. The highest BCUT2D eigenvalue weighted by Gasteiger charge is 2.37. The molecular formula is C16H16O7. The zero-order chi connectivity index (χ0) is 16.9. The number of rotatable bonds is 3. The van der Waals surface area contributed by atoms with Crippen LogP contribution in [0.15, 0.2) is 21.3 Å². The normalized spacial score (nSPS) is 17.0. The van der Waals surface area contributed by atoms with Gasteiger partial charge in [-0.05, 0) is 13.8 Å². The lowest BCUT2D eigenvalue weighted by atomic mass is 9.96. The van der Waals surface area contributed by atoms with E-state index in [0.29, 0.717) is 17.7 Å². The third-order valence-electron chi connectivity index (χ3n) is 3.90.